The average Bonchev–Trinajstić information content (AvgIpc) is 2.32. The van der Waals surface area contributed by atoms with E-state index in [1.807, 2.05) is 18.2 Å². The Labute approximate surface area is 110 Å². The minimum Gasteiger partial charge on any atom is -0.321 e. The number of anilines is 1. The topological polar surface area (TPSA) is 29.1 Å². The van der Waals surface area contributed by atoms with Crippen LogP contribution < -0.4 is 5.32 Å². The maximum absolute atomic E-state index is 11.9. The molecule has 0 aliphatic rings. The van der Waals surface area contributed by atoms with Crippen LogP contribution in [0.5, 0.6) is 0 Å². The van der Waals surface area contributed by atoms with Gasteiger partial charge in [0.2, 0.25) is 0 Å². The summed E-state index contributed by atoms with van der Waals surface area (Å²) in [4.78, 5) is 12.6. The minimum absolute atomic E-state index is 0.200. The van der Waals surface area contributed by atoms with Crippen molar-refractivity contribution in [3.05, 3.63) is 59.1 Å². The van der Waals surface area contributed by atoms with Gasteiger partial charge in [-0.1, -0.05) is 29.8 Å². The Balaban J connectivity index is 2.20. The van der Waals surface area contributed by atoms with Crippen molar-refractivity contribution in [2.45, 2.75) is 4.90 Å². The van der Waals surface area contributed by atoms with Crippen LogP contribution in [-0.2, 0) is 0 Å². The number of para-hydroxylation sites is 1. The number of amides is 1. The molecule has 0 unspecified atom stereocenters. The first kappa shape index (κ1) is 12.0. The summed E-state index contributed by atoms with van der Waals surface area (Å²) in [6.07, 6.45) is 0. The van der Waals surface area contributed by atoms with Crippen LogP contribution in [-0.4, -0.2) is 5.91 Å². The van der Waals surface area contributed by atoms with Crippen LogP contribution >= 0.6 is 24.2 Å². The Morgan fingerprint density at radius 1 is 1.12 bits per heavy atom. The van der Waals surface area contributed by atoms with Crippen molar-refractivity contribution in [2.24, 2.45) is 0 Å². The summed E-state index contributed by atoms with van der Waals surface area (Å²) >= 11 is 10.1. The third-order valence-corrected chi connectivity index (χ3v) is 2.86. The van der Waals surface area contributed by atoms with Crippen molar-refractivity contribution in [3.63, 3.8) is 0 Å². The van der Waals surface area contributed by atoms with Crippen LogP contribution in [0, 0.1) is 0 Å². The van der Waals surface area contributed by atoms with Crippen molar-refractivity contribution in [1.29, 1.82) is 0 Å². The van der Waals surface area contributed by atoms with Crippen molar-refractivity contribution in [1.82, 2.24) is 0 Å². The molecule has 0 aromatic heterocycles. The van der Waals surface area contributed by atoms with Gasteiger partial charge in [-0.15, -0.1) is 12.6 Å². The van der Waals surface area contributed by atoms with Gasteiger partial charge in [-0.05, 0) is 30.3 Å². The first-order valence-electron chi connectivity index (χ1n) is 5.02. The molecule has 17 heavy (non-hydrogen) atoms. The van der Waals surface area contributed by atoms with E-state index in [9.17, 15) is 4.79 Å². The van der Waals surface area contributed by atoms with E-state index in [0.717, 1.165) is 4.90 Å². The number of rotatable bonds is 2. The van der Waals surface area contributed by atoms with Crippen LogP contribution in [0.25, 0.3) is 0 Å². The van der Waals surface area contributed by atoms with Crippen molar-refractivity contribution < 1.29 is 4.79 Å². The van der Waals surface area contributed by atoms with Crippen LogP contribution in [0.1, 0.15) is 10.4 Å². The highest BCUT2D eigenvalue weighted by Gasteiger charge is 2.07. The molecule has 0 radical (unpaired) electrons. The molecule has 0 atom stereocenters. The third kappa shape index (κ3) is 3.02. The molecule has 0 saturated carbocycles. The van der Waals surface area contributed by atoms with E-state index in [-0.39, 0.29) is 5.91 Å². The van der Waals surface area contributed by atoms with Gasteiger partial charge in [0, 0.05) is 15.5 Å². The van der Waals surface area contributed by atoms with Gasteiger partial charge in [0.05, 0.1) is 5.69 Å². The standard InChI is InChI=1S/C13H10ClNOS/c14-10-5-3-4-9(8-10)13(16)15-11-6-1-2-7-12(11)17/h1-8,17H,(H,15,16). The Morgan fingerprint density at radius 3 is 2.59 bits per heavy atom. The Kier molecular flexibility index (Phi) is 3.71. The first-order valence-corrected chi connectivity index (χ1v) is 5.84. The summed E-state index contributed by atoms with van der Waals surface area (Å²) in [5.41, 5.74) is 1.20. The number of carbonyl (C=O) groups is 1. The molecule has 86 valence electrons. The molecule has 0 spiro atoms. The van der Waals surface area contributed by atoms with Gasteiger partial charge in [0.1, 0.15) is 0 Å². The number of thiol groups is 1. The maximum atomic E-state index is 11.9. The second-order valence-electron chi connectivity index (χ2n) is 3.48. The highest BCUT2D eigenvalue weighted by atomic mass is 35.5. The van der Waals surface area contributed by atoms with E-state index in [1.165, 1.54) is 0 Å². The van der Waals surface area contributed by atoms with E-state index in [4.69, 9.17) is 11.6 Å². The zero-order valence-corrected chi connectivity index (χ0v) is 10.5. The fraction of sp³-hybridized carbons (Fsp3) is 0. The molecular weight excluding hydrogens is 254 g/mol. The van der Waals surface area contributed by atoms with E-state index >= 15 is 0 Å². The van der Waals surface area contributed by atoms with Gasteiger partial charge >= 0.3 is 0 Å². The number of benzene rings is 2. The second kappa shape index (κ2) is 5.25. The molecule has 2 aromatic carbocycles. The third-order valence-electron chi connectivity index (χ3n) is 2.24. The smallest absolute Gasteiger partial charge is 0.255 e. The summed E-state index contributed by atoms with van der Waals surface area (Å²) in [7, 11) is 0. The van der Waals surface area contributed by atoms with Crippen LogP contribution in [0.3, 0.4) is 0 Å². The molecule has 0 aliphatic carbocycles. The fourth-order valence-electron chi connectivity index (χ4n) is 1.40. The lowest BCUT2D eigenvalue weighted by molar-refractivity contribution is 0.102. The highest BCUT2D eigenvalue weighted by molar-refractivity contribution is 7.80. The molecule has 0 aliphatic heterocycles. The summed E-state index contributed by atoms with van der Waals surface area (Å²) in [6.45, 7) is 0. The SMILES string of the molecule is O=C(Nc1ccccc1S)c1cccc(Cl)c1. The van der Waals surface area contributed by atoms with Gasteiger partial charge in [-0.3, -0.25) is 4.79 Å². The summed E-state index contributed by atoms with van der Waals surface area (Å²) < 4.78 is 0. The zero-order chi connectivity index (χ0) is 12.3. The predicted octanol–water partition coefficient (Wildman–Crippen LogP) is 3.88. The molecule has 2 rings (SSSR count). The molecular formula is C13H10ClNOS. The number of hydrogen-bond donors (Lipinski definition) is 2. The molecule has 1 amide bonds. The van der Waals surface area contributed by atoms with Crippen molar-refractivity contribution in [2.75, 3.05) is 5.32 Å². The summed E-state index contributed by atoms with van der Waals surface area (Å²) in [5, 5.41) is 3.32. The molecule has 0 saturated heterocycles. The van der Waals surface area contributed by atoms with Gasteiger partial charge < -0.3 is 5.32 Å². The van der Waals surface area contributed by atoms with E-state index in [1.54, 1.807) is 30.3 Å². The largest absolute Gasteiger partial charge is 0.321 e. The Hall–Kier alpha value is -1.45. The van der Waals surface area contributed by atoms with Gasteiger partial charge in [0.15, 0.2) is 0 Å². The normalized spacial score (nSPS) is 10.0. The van der Waals surface area contributed by atoms with Gasteiger partial charge in [0.25, 0.3) is 5.91 Å². The van der Waals surface area contributed by atoms with E-state index < -0.39 is 0 Å². The molecule has 4 heteroatoms. The van der Waals surface area contributed by atoms with Crippen LogP contribution in [0.4, 0.5) is 5.69 Å². The molecule has 0 bridgehead atoms. The number of carbonyl (C=O) groups excluding carboxylic acids is 1. The highest BCUT2D eigenvalue weighted by Crippen LogP contribution is 2.20. The van der Waals surface area contributed by atoms with Crippen molar-refractivity contribution >= 4 is 35.8 Å². The average molecular weight is 264 g/mol. The number of nitrogens with one attached hydrogen (secondary N) is 1. The lowest BCUT2D eigenvalue weighted by Gasteiger charge is -2.07. The van der Waals surface area contributed by atoms with E-state index in [0.29, 0.717) is 16.3 Å². The van der Waals surface area contributed by atoms with Crippen molar-refractivity contribution in [3.8, 4) is 0 Å². The quantitative estimate of drug-likeness (QED) is 0.791. The lowest BCUT2D eigenvalue weighted by Crippen LogP contribution is -2.12. The molecule has 2 aromatic rings. The molecule has 2 nitrogen and oxygen atoms in total. The number of hydrogen-bond acceptors (Lipinski definition) is 2. The van der Waals surface area contributed by atoms with Gasteiger partial charge in [-0.2, -0.15) is 0 Å². The molecule has 1 N–H and O–H groups in total. The maximum Gasteiger partial charge on any atom is 0.255 e. The summed E-state index contributed by atoms with van der Waals surface area (Å²) in [6, 6.07) is 14.1. The zero-order valence-electron chi connectivity index (χ0n) is 8.85. The fourth-order valence-corrected chi connectivity index (χ4v) is 1.81. The number of halogens is 1. The Morgan fingerprint density at radius 2 is 1.88 bits per heavy atom. The molecule has 0 fully saturated rings. The van der Waals surface area contributed by atoms with Gasteiger partial charge in [-0.25, -0.2) is 0 Å². The monoisotopic (exact) mass is 263 g/mol. The minimum atomic E-state index is -0.200. The van der Waals surface area contributed by atoms with E-state index in [2.05, 4.69) is 17.9 Å². The predicted molar refractivity (Wildman–Crippen MR) is 73.1 cm³/mol. The van der Waals surface area contributed by atoms with Crippen LogP contribution in [0.15, 0.2) is 53.4 Å². The van der Waals surface area contributed by atoms with Crippen LogP contribution in [0.2, 0.25) is 5.02 Å². The Bertz CT molecular complexity index is 557. The first-order chi connectivity index (χ1) is 8.16. The lowest BCUT2D eigenvalue weighted by atomic mass is 10.2. The second-order valence-corrected chi connectivity index (χ2v) is 4.40. The molecule has 0 heterocycles. The summed E-state index contributed by atoms with van der Waals surface area (Å²) in [5.74, 6) is -0.200.